The highest BCUT2D eigenvalue weighted by molar-refractivity contribution is 7.99. The average Bonchev–Trinajstić information content (AvgIpc) is 3.27. The van der Waals surface area contributed by atoms with Gasteiger partial charge in [0.25, 0.3) is 5.22 Å². The second kappa shape index (κ2) is 7.73. The summed E-state index contributed by atoms with van der Waals surface area (Å²) in [5.74, 6) is 0.468. The van der Waals surface area contributed by atoms with Crippen molar-refractivity contribution in [2.24, 2.45) is 0 Å². The highest BCUT2D eigenvalue weighted by atomic mass is 32.2. The fraction of sp³-hybridized carbons (Fsp3) is 0.200. The molecular weight excluding hydrogens is 392 g/mol. The lowest BCUT2D eigenvalue weighted by atomic mass is 10.1. The summed E-state index contributed by atoms with van der Waals surface area (Å²) in [5, 5.41) is 11.9. The van der Waals surface area contributed by atoms with Crippen molar-refractivity contribution in [1.82, 2.24) is 15.2 Å². The van der Waals surface area contributed by atoms with Gasteiger partial charge in [-0.15, -0.1) is 10.2 Å². The lowest BCUT2D eigenvalue weighted by molar-refractivity contribution is -0.113. The first-order valence-corrected chi connectivity index (χ1v) is 10.5. The summed E-state index contributed by atoms with van der Waals surface area (Å²) in [7, 11) is 0. The van der Waals surface area contributed by atoms with E-state index in [9.17, 15) is 4.79 Å². The van der Waals surface area contributed by atoms with Gasteiger partial charge in [-0.2, -0.15) is 0 Å². The topological polar surface area (TPSA) is 80.9 Å². The Labute approximate surface area is 170 Å². The average molecular weight is 411 g/mol. The Hall–Kier alpha value is -2.71. The number of aryl methyl sites for hydroxylation is 3. The molecular formula is C20H18N4O2S2. The molecule has 0 aliphatic carbocycles. The van der Waals surface area contributed by atoms with Crippen LogP contribution in [0.1, 0.15) is 16.7 Å². The number of fused-ring (bicyclic) bond motifs is 1. The Bertz CT molecular complexity index is 1170. The van der Waals surface area contributed by atoms with E-state index in [4.69, 9.17) is 4.42 Å². The number of carbonyl (C=O) groups excluding carboxylic acids is 1. The Balaban J connectivity index is 1.40. The van der Waals surface area contributed by atoms with E-state index in [1.807, 2.05) is 38.1 Å². The molecule has 0 fully saturated rings. The fourth-order valence-electron chi connectivity index (χ4n) is 2.90. The van der Waals surface area contributed by atoms with E-state index in [2.05, 4.69) is 39.6 Å². The molecule has 4 rings (SSSR count). The van der Waals surface area contributed by atoms with Crippen LogP contribution in [0.25, 0.3) is 21.7 Å². The van der Waals surface area contributed by atoms with E-state index in [0.717, 1.165) is 26.9 Å². The zero-order valence-electron chi connectivity index (χ0n) is 15.6. The molecule has 0 bridgehead atoms. The normalized spacial score (nSPS) is 11.1. The number of aromatic nitrogens is 3. The monoisotopic (exact) mass is 410 g/mol. The van der Waals surface area contributed by atoms with Crippen molar-refractivity contribution in [3.8, 4) is 11.5 Å². The number of benzene rings is 2. The molecule has 0 saturated heterocycles. The molecule has 0 saturated carbocycles. The smallest absolute Gasteiger partial charge is 0.277 e. The third-order valence-electron chi connectivity index (χ3n) is 4.18. The number of amides is 1. The van der Waals surface area contributed by atoms with Crippen molar-refractivity contribution < 1.29 is 9.21 Å². The predicted octanol–water partition coefficient (Wildman–Crippen LogP) is 5.00. The molecule has 28 heavy (non-hydrogen) atoms. The lowest BCUT2D eigenvalue weighted by Crippen LogP contribution is -2.13. The molecule has 0 aliphatic rings. The second-order valence-corrected chi connectivity index (χ2v) is 8.43. The minimum absolute atomic E-state index is 0.158. The van der Waals surface area contributed by atoms with Gasteiger partial charge < -0.3 is 9.73 Å². The quantitative estimate of drug-likeness (QED) is 0.466. The van der Waals surface area contributed by atoms with Crippen LogP contribution in [0.2, 0.25) is 0 Å². The number of nitrogens with zero attached hydrogens (tertiary/aromatic N) is 3. The molecule has 4 aromatic rings. The molecule has 0 spiro atoms. The van der Waals surface area contributed by atoms with Crippen LogP contribution >= 0.6 is 23.1 Å². The molecule has 1 N–H and O–H groups in total. The van der Waals surface area contributed by atoms with E-state index in [1.54, 1.807) is 0 Å². The van der Waals surface area contributed by atoms with Crippen molar-refractivity contribution in [2.75, 3.05) is 11.1 Å². The molecule has 0 radical (unpaired) electrons. The zero-order valence-corrected chi connectivity index (χ0v) is 17.3. The number of hydrogen-bond acceptors (Lipinski definition) is 7. The van der Waals surface area contributed by atoms with Crippen molar-refractivity contribution >= 4 is 44.4 Å². The van der Waals surface area contributed by atoms with Crippen molar-refractivity contribution in [3.63, 3.8) is 0 Å². The summed E-state index contributed by atoms with van der Waals surface area (Å²) in [5.41, 5.74) is 5.17. The predicted molar refractivity (Wildman–Crippen MR) is 113 cm³/mol. The Kier molecular flexibility index (Phi) is 5.15. The number of hydrogen-bond donors (Lipinski definition) is 1. The molecule has 6 nitrogen and oxygen atoms in total. The fourth-order valence-corrected chi connectivity index (χ4v) is 4.52. The summed E-state index contributed by atoms with van der Waals surface area (Å²) in [4.78, 5) is 16.8. The molecule has 8 heteroatoms. The van der Waals surface area contributed by atoms with Crippen LogP contribution < -0.4 is 5.32 Å². The molecule has 0 atom stereocenters. The maximum Gasteiger partial charge on any atom is 0.277 e. The Morgan fingerprint density at radius 1 is 1.14 bits per heavy atom. The van der Waals surface area contributed by atoms with Crippen LogP contribution in [-0.4, -0.2) is 26.8 Å². The SMILES string of the molecule is Cc1cc(C)c2nc(NC(=O)CSc3nnc(-c4ccccc4C)o3)sc2c1. The number of nitrogens with one attached hydrogen (secondary N) is 1. The van der Waals surface area contributed by atoms with Crippen molar-refractivity contribution in [2.45, 2.75) is 26.0 Å². The molecule has 0 unspecified atom stereocenters. The van der Waals surface area contributed by atoms with Crippen LogP contribution in [0.5, 0.6) is 0 Å². The van der Waals surface area contributed by atoms with Gasteiger partial charge >= 0.3 is 0 Å². The van der Waals surface area contributed by atoms with Gasteiger partial charge in [0.1, 0.15) is 0 Å². The largest absolute Gasteiger partial charge is 0.411 e. The summed E-state index contributed by atoms with van der Waals surface area (Å²) in [6.07, 6.45) is 0. The van der Waals surface area contributed by atoms with Gasteiger partial charge in [0, 0.05) is 5.56 Å². The molecule has 142 valence electrons. The Morgan fingerprint density at radius 2 is 1.96 bits per heavy atom. The van der Waals surface area contributed by atoms with Crippen LogP contribution in [0.15, 0.2) is 46.0 Å². The van der Waals surface area contributed by atoms with Crippen molar-refractivity contribution in [1.29, 1.82) is 0 Å². The zero-order chi connectivity index (χ0) is 19.7. The maximum atomic E-state index is 12.3. The minimum atomic E-state index is -0.158. The summed E-state index contributed by atoms with van der Waals surface area (Å²) < 4.78 is 6.75. The number of carbonyl (C=O) groups is 1. The van der Waals surface area contributed by atoms with E-state index in [-0.39, 0.29) is 11.7 Å². The third-order valence-corrected chi connectivity index (χ3v) is 5.92. The van der Waals surface area contributed by atoms with Gasteiger partial charge in [0.05, 0.1) is 16.0 Å². The lowest BCUT2D eigenvalue weighted by Gasteiger charge is -1.99. The highest BCUT2D eigenvalue weighted by Gasteiger charge is 2.14. The first-order chi connectivity index (χ1) is 13.5. The Morgan fingerprint density at radius 3 is 2.79 bits per heavy atom. The van der Waals surface area contributed by atoms with Crippen LogP contribution in [0.3, 0.4) is 0 Å². The van der Waals surface area contributed by atoms with Gasteiger partial charge in [0.2, 0.25) is 11.8 Å². The van der Waals surface area contributed by atoms with E-state index in [0.29, 0.717) is 16.2 Å². The van der Waals surface area contributed by atoms with E-state index >= 15 is 0 Å². The summed E-state index contributed by atoms with van der Waals surface area (Å²) in [6, 6.07) is 12.0. The summed E-state index contributed by atoms with van der Waals surface area (Å²) >= 11 is 2.68. The standard InChI is InChI=1S/C20H18N4O2S2/c1-11-8-13(3)17-15(9-11)28-19(22-17)21-16(25)10-27-20-24-23-18(26-20)14-7-5-4-6-12(14)2/h4-9H,10H2,1-3H3,(H,21,22,25). The minimum Gasteiger partial charge on any atom is -0.411 e. The number of thioether (sulfide) groups is 1. The van der Waals surface area contributed by atoms with E-state index in [1.165, 1.54) is 28.7 Å². The molecule has 0 aliphatic heterocycles. The van der Waals surface area contributed by atoms with Crippen LogP contribution in [-0.2, 0) is 4.79 Å². The highest BCUT2D eigenvalue weighted by Crippen LogP contribution is 2.30. The van der Waals surface area contributed by atoms with Gasteiger partial charge in [-0.05, 0) is 49.6 Å². The van der Waals surface area contributed by atoms with Gasteiger partial charge in [-0.25, -0.2) is 4.98 Å². The maximum absolute atomic E-state index is 12.3. The molecule has 2 heterocycles. The van der Waals surface area contributed by atoms with Crippen molar-refractivity contribution in [3.05, 3.63) is 53.1 Å². The third kappa shape index (κ3) is 3.93. The van der Waals surface area contributed by atoms with Gasteiger partial charge in [-0.1, -0.05) is 47.4 Å². The first kappa shape index (κ1) is 18.6. The van der Waals surface area contributed by atoms with E-state index < -0.39 is 0 Å². The van der Waals surface area contributed by atoms with Crippen LogP contribution in [0.4, 0.5) is 5.13 Å². The van der Waals surface area contributed by atoms with Gasteiger partial charge in [0.15, 0.2) is 5.13 Å². The number of thiazole rings is 1. The van der Waals surface area contributed by atoms with Crippen LogP contribution in [0, 0.1) is 20.8 Å². The summed E-state index contributed by atoms with van der Waals surface area (Å²) in [6.45, 7) is 6.07. The molecule has 1 amide bonds. The molecule has 2 aromatic carbocycles. The first-order valence-electron chi connectivity index (χ1n) is 8.69. The number of rotatable bonds is 5. The number of anilines is 1. The second-order valence-electron chi connectivity index (χ2n) is 6.47. The molecule has 2 aromatic heterocycles. The van der Waals surface area contributed by atoms with Gasteiger partial charge in [-0.3, -0.25) is 4.79 Å².